The van der Waals surface area contributed by atoms with E-state index in [1.165, 1.54) is 6.07 Å². The molecule has 0 bridgehead atoms. The summed E-state index contributed by atoms with van der Waals surface area (Å²) in [7, 11) is 0. The predicted molar refractivity (Wildman–Crippen MR) is 49.1 cm³/mol. The summed E-state index contributed by atoms with van der Waals surface area (Å²) in [6.07, 6.45) is 0.681. The molecular formula is C8H10BrFN2. The molecule has 66 valence electrons. The molecule has 0 aliphatic heterocycles. The Balaban J connectivity index is 3.04. The minimum atomic E-state index is -0.340. The predicted octanol–water partition coefficient (Wildman–Crippen LogP) is 2.39. The first kappa shape index (κ1) is 9.61. The first-order valence-electron chi connectivity index (χ1n) is 3.72. The third-order valence-electron chi connectivity index (χ3n) is 1.63. The van der Waals surface area contributed by atoms with E-state index in [2.05, 4.69) is 20.9 Å². The zero-order valence-corrected chi connectivity index (χ0v) is 8.31. The van der Waals surface area contributed by atoms with Crippen LogP contribution in [0, 0.1) is 5.82 Å². The van der Waals surface area contributed by atoms with Crippen molar-refractivity contribution in [2.45, 2.75) is 19.4 Å². The van der Waals surface area contributed by atoms with Gasteiger partial charge in [-0.25, -0.2) is 9.37 Å². The largest absolute Gasteiger partial charge is 0.323 e. The lowest BCUT2D eigenvalue weighted by atomic mass is 10.1. The van der Waals surface area contributed by atoms with Gasteiger partial charge < -0.3 is 5.73 Å². The molecule has 0 radical (unpaired) electrons. The fourth-order valence-electron chi connectivity index (χ4n) is 0.886. The molecule has 0 saturated heterocycles. The molecule has 1 atom stereocenters. The van der Waals surface area contributed by atoms with Crippen LogP contribution in [-0.2, 0) is 0 Å². The Morgan fingerprint density at radius 2 is 2.33 bits per heavy atom. The summed E-state index contributed by atoms with van der Waals surface area (Å²) in [5.74, 6) is -0.340. The molecule has 2 N–H and O–H groups in total. The van der Waals surface area contributed by atoms with Crippen molar-refractivity contribution in [3.8, 4) is 0 Å². The number of nitrogens with two attached hydrogens (primary N) is 1. The van der Waals surface area contributed by atoms with E-state index in [1.54, 1.807) is 6.07 Å². The topological polar surface area (TPSA) is 38.9 Å². The fourth-order valence-corrected chi connectivity index (χ4v) is 1.21. The monoisotopic (exact) mass is 232 g/mol. The molecule has 12 heavy (non-hydrogen) atoms. The van der Waals surface area contributed by atoms with Crippen LogP contribution in [-0.4, -0.2) is 4.98 Å². The molecule has 1 aromatic rings. The maximum Gasteiger partial charge on any atom is 0.146 e. The normalized spacial score (nSPS) is 13.0. The lowest BCUT2D eigenvalue weighted by molar-refractivity contribution is 0.557. The number of hydrogen-bond donors (Lipinski definition) is 1. The third-order valence-corrected chi connectivity index (χ3v) is 2.07. The van der Waals surface area contributed by atoms with Gasteiger partial charge in [-0.15, -0.1) is 0 Å². The molecule has 0 aliphatic carbocycles. The quantitative estimate of drug-likeness (QED) is 0.796. The van der Waals surface area contributed by atoms with E-state index in [4.69, 9.17) is 5.73 Å². The van der Waals surface area contributed by atoms with Gasteiger partial charge >= 0.3 is 0 Å². The molecule has 0 aliphatic rings. The van der Waals surface area contributed by atoms with Gasteiger partial charge in [-0.1, -0.05) is 6.92 Å². The van der Waals surface area contributed by atoms with Gasteiger partial charge in [0, 0.05) is 6.04 Å². The van der Waals surface area contributed by atoms with Crippen molar-refractivity contribution < 1.29 is 4.39 Å². The summed E-state index contributed by atoms with van der Waals surface area (Å²) in [6.45, 7) is 1.90. The molecule has 0 amide bonds. The van der Waals surface area contributed by atoms with Gasteiger partial charge in [0.1, 0.15) is 10.4 Å². The van der Waals surface area contributed by atoms with E-state index in [0.717, 1.165) is 0 Å². The SMILES string of the molecule is CCC(N)c1nc(Br)ccc1F. The third kappa shape index (κ3) is 2.01. The smallest absolute Gasteiger partial charge is 0.146 e. The minimum absolute atomic E-state index is 0.317. The molecule has 1 aromatic heterocycles. The minimum Gasteiger partial charge on any atom is -0.323 e. The number of aromatic nitrogens is 1. The summed E-state index contributed by atoms with van der Waals surface area (Å²) >= 11 is 3.16. The van der Waals surface area contributed by atoms with E-state index in [1.807, 2.05) is 6.92 Å². The number of nitrogens with zero attached hydrogens (tertiary/aromatic N) is 1. The molecule has 1 unspecified atom stereocenters. The van der Waals surface area contributed by atoms with Crippen molar-refractivity contribution in [2.24, 2.45) is 5.73 Å². The Morgan fingerprint density at radius 3 is 2.92 bits per heavy atom. The lowest BCUT2D eigenvalue weighted by Crippen LogP contribution is -2.12. The Hall–Kier alpha value is -0.480. The second kappa shape index (κ2) is 3.96. The summed E-state index contributed by atoms with van der Waals surface area (Å²) in [5.41, 5.74) is 5.97. The zero-order chi connectivity index (χ0) is 9.14. The highest BCUT2D eigenvalue weighted by Gasteiger charge is 2.10. The van der Waals surface area contributed by atoms with Crippen molar-refractivity contribution in [1.82, 2.24) is 4.98 Å². The highest BCUT2D eigenvalue weighted by atomic mass is 79.9. The van der Waals surface area contributed by atoms with Crippen LogP contribution >= 0.6 is 15.9 Å². The molecule has 1 heterocycles. The van der Waals surface area contributed by atoms with Gasteiger partial charge in [0.2, 0.25) is 0 Å². The van der Waals surface area contributed by atoms with Crippen LogP contribution in [0.5, 0.6) is 0 Å². The molecule has 0 fully saturated rings. The number of halogens is 2. The summed E-state index contributed by atoms with van der Waals surface area (Å²) < 4.78 is 13.7. The van der Waals surface area contributed by atoms with Gasteiger partial charge in [-0.2, -0.15) is 0 Å². The lowest BCUT2D eigenvalue weighted by Gasteiger charge is -2.08. The number of rotatable bonds is 2. The average Bonchev–Trinajstić information content (AvgIpc) is 2.08. The van der Waals surface area contributed by atoms with E-state index >= 15 is 0 Å². The van der Waals surface area contributed by atoms with Crippen LogP contribution in [0.4, 0.5) is 4.39 Å². The van der Waals surface area contributed by atoms with Gasteiger partial charge in [0.25, 0.3) is 0 Å². The Kier molecular flexibility index (Phi) is 3.17. The second-order valence-electron chi connectivity index (χ2n) is 2.52. The van der Waals surface area contributed by atoms with E-state index in [0.29, 0.717) is 16.7 Å². The fraction of sp³-hybridized carbons (Fsp3) is 0.375. The molecule has 1 rings (SSSR count). The van der Waals surface area contributed by atoms with E-state index in [9.17, 15) is 4.39 Å². The van der Waals surface area contributed by atoms with Gasteiger partial charge in [-0.3, -0.25) is 0 Å². The van der Waals surface area contributed by atoms with E-state index in [-0.39, 0.29) is 11.9 Å². The molecule has 0 saturated carbocycles. The molecule has 0 spiro atoms. The van der Waals surface area contributed by atoms with Gasteiger partial charge in [0.05, 0.1) is 5.69 Å². The van der Waals surface area contributed by atoms with Crippen molar-refractivity contribution in [1.29, 1.82) is 0 Å². The number of hydrogen-bond acceptors (Lipinski definition) is 2. The first-order valence-corrected chi connectivity index (χ1v) is 4.52. The Morgan fingerprint density at radius 1 is 1.67 bits per heavy atom. The van der Waals surface area contributed by atoms with Crippen LogP contribution in [0.25, 0.3) is 0 Å². The maximum atomic E-state index is 13.0. The Labute approximate surface area is 79.1 Å². The van der Waals surface area contributed by atoms with Crippen molar-refractivity contribution in [3.05, 3.63) is 28.2 Å². The summed E-state index contributed by atoms with van der Waals surface area (Å²) in [5, 5.41) is 0. The number of pyridine rings is 1. The van der Waals surface area contributed by atoms with Crippen molar-refractivity contribution in [3.63, 3.8) is 0 Å². The van der Waals surface area contributed by atoms with Crippen LogP contribution in [0.2, 0.25) is 0 Å². The highest BCUT2D eigenvalue weighted by molar-refractivity contribution is 9.10. The molecule has 2 nitrogen and oxygen atoms in total. The summed E-state index contributed by atoms with van der Waals surface area (Å²) in [4.78, 5) is 3.96. The molecule has 4 heteroatoms. The average molecular weight is 233 g/mol. The Bertz CT molecular complexity index is 278. The van der Waals surface area contributed by atoms with Crippen molar-refractivity contribution in [2.75, 3.05) is 0 Å². The summed E-state index contributed by atoms with van der Waals surface area (Å²) in [6, 6.07) is 2.60. The highest BCUT2D eigenvalue weighted by Crippen LogP contribution is 2.17. The first-order chi connectivity index (χ1) is 5.65. The van der Waals surface area contributed by atoms with Crippen LogP contribution in [0.1, 0.15) is 25.1 Å². The zero-order valence-electron chi connectivity index (χ0n) is 6.72. The maximum absolute atomic E-state index is 13.0. The van der Waals surface area contributed by atoms with Crippen LogP contribution in [0.15, 0.2) is 16.7 Å². The van der Waals surface area contributed by atoms with Crippen LogP contribution in [0.3, 0.4) is 0 Å². The van der Waals surface area contributed by atoms with Gasteiger partial charge in [0.15, 0.2) is 0 Å². The molecule has 0 aromatic carbocycles. The van der Waals surface area contributed by atoms with Crippen LogP contribution < -0.4 is 5.73 Å². The van der Waals surface area contributed by atoms with Gasteiger partial charge in [-0.05, 0) is 34.5 Å². The van der Waals surface area contributed by atoms with E-state index < -0.39 is 0 Å². The standard InChI is InChI=1S/C8H10BrFN2/c1-2-6(11)8-5(10)3-4-7(9)12-8/h3-4,6H,2,11H2,1H3. The second-order valence-corrected chi connectivity index (χ2v) is 3.33. The molecular weight excluding hydrogens is 223 g/mol. The van der Waals surface area contributed by atoms with Crippen molar-refractivity contribution >= 4 is 15.9 Å².